The van der Waals surface area contributed by atoms with Gasteiger partial charge in [-0.1, -0.05) is 6.07 Å². The SMILES string of the molecule is O=C(CCCc1ccncc1)OC1CCCC1Oc1cccc(F)c1. The first-order valence-electron chi connectivity index (χ1n) is 8.71. The van der Waals surface area contributed by atoms with Crippen molar-refractivity contribution in [1.29, 1.82) is 0 Å². The van der Waals surface area contributed by atoms with E-state index in [4.69, 9.17) is 9.47 Å². The van der Waals surface area contributed by atoms with Gasteiger partial charge in [-0.2, -0.15) is 0 Å². The largest absolute Gasteiger partial charge is 0.486 e. The molecule has 0 amide bonds. The van der Waals surface area contributed by atoms with Crippen LogP contribution in [0.5, 0.6) is 5.75 Å². The number of hydrogen-bond acceptors (Lipinski definition) is 4. The third-order valence-electron chi connectivity index (χ3n) is 4.35. The van der Waals surface area contributed by atoms with Crippen LogP contribution in [-0.2, 0) is 16.0 Å². The summed E-state index contributed by atoms with van der Waals surface area (Å²) < 4.78 is 24.7. The Balaban J connectivity index is 1.45. The Morgan fingerprint density at radius 3 is 2.76 bits per heavy atom. The number of aryl methyl sites for hydroxylation is 1. The molecule has 0 bridgehead atoms. The Kier molecular flexibility index (Phi) is 5.99. The molecule has 5 heteroatoms. The maximum Gasteiger partial charge on any atom is 0.306 e. The van der Waals surface area contributed by atoms with Crippen molar-refractivity contribution in [1.82, 2.24) is 4.98 Å². The summed E-state index contributed by atoms with van der Waals surface area (Å²) in [5, 5.41) is 0. The molecule has 0 spiro atoms. The summed E-state index contributed by atoms with van der Waals surface area (Å²) in [6.45, 7) is 0. The second-order valence-corrected chi connectivity index (χ2v) is 6.28. The number of aromatic nitrogens is 1. The Morgan fingerprint density at radius 2 is 1.96 bits per heavy atom. The second-order valence-electron chi connectivity index (χ2n) is 6.28. The molecule has 1 aromatic carbocycles. The molecule has 2 atom stereocenters. The molecule has 0 saturated heterocycles. The van der Waals surface area contributed by atoms with Crippen molar-refractivity contribution in [3.63, 3.8) is 0 Å². The van der Waals surface area contributed by atoms with Crippen LogP contribution in [0, 0.1) is 5.82 Å². The highest BCUT2D eigenvalue weighted by molar-refractivity contribution is 5.69. The molecule has 2 aromatic rings. The predicted octanol–water partition coefficient (Wildman–Crippen LogP) is 4.09. The molecule has 0 N–H and O–H groups in total. The van der Waals surface area contributed by atoms with Gasteiger partial charge < -0.3 is 9.47 Å². The van der Waals surface area contributed by atoms with Gasteiger partial charge in [0.25, 0.3) is 0 Å². The molecule has 25 heavy (non-hydrogen) atoms. The summed E-state index contributed by atoms with van der Waals surface area (Å²) in [7, 11) is 0. The van der Waals surface area contributed by atoms with Crippen LogP contribution in [0.3, 0.4) is 0 Å². The van der Waals surface area contributed by atoms with Crippen LogP contribution in [0.15, 0.2) is 48.8 Å². The molecule has 0 aliphatic heterocycles. The zero-order valence-electron chi connectivity index (χ0n) is 14.1. The van der Waals surface area contributed by atoms with Crippen LogP contribution < -0.4 is 4.74 Å². The number of hydrogen-bond donors (Lipinski definition) is 0. The monoisotopic (exact) mass is 343 g/mol. The molecular formula is C20H22FNO3. The Morgan fingerprint density at radius 1 is 1.16 bits per heavy atom. The van der Waals surface area contributed by atoms with E-state index in [1.165, 1.54) is 12.1 Å². The van der Waals surface area contributed by atoms with Crippen molar-refractivity contribution in [3.8, 4) is 5.75 Å². The zero-order valence-corrected chi connectivity index (χ0v) is 14.1. The van der Waals surface area contributed by atoms with Crippen molar-refractivity contribution in [2.75, 3.05) is 0 Å². The maximum atomic E-state index is 13.3. The third-order valence-corrected chi connectivity index (χ3v) is 4.35. The van der Waals surface area contributed by atoms with E-state index in [-0.39, 0.29) is 24.0 Å². The summed E-state index contributed by atoms with van der Waals surface area (Å²) in [6.07, 6.45) is 7.53. The number of rotatable bonds is 7. The number of halogens is 1. The van der Waals surface area contributed by atoms with Crippen LogP contribution in [0.2, 0.25) is 0 Å². The van der Waals surface area contributed by atoms with Crippen molar-refractivity contribution in [3.05, 3.63) is 60.2 Å². The average molecular weight is 343 g/mol. The first-order chi connectivity index (χ1) is 12.2. The zero-order chi connectivity index (χ0) is 17.5. The molecule has 1 saturated carbocycles. The molecule has 1 heterocycles. The molecule has 3 rings (SSSR count). The highest BCUT2D eigenvalue weighted by Gasteiger charge is 2.32. The second kappa shape index (κ2) is 8.60. The van der Waals surface area contributed by atoms with E-state index in [9.17, 15) is 9.18 Å². The third kappa shape index (κ3) is 5.28. The minimum absolute atomic E-state index is 0.200. The first kappa shape index (κ1) is 17.4. The Hall–Kier alpha value is -2.43. The van der Waals surface area contributed by atoms with Gasteiger partial charge in [-0.3, -0.25) is 9.78 Å². The van der Waals surface area contributed by atoms with Crippen molar-refractivity contribution in [2.45, 2.75) is 50.7 Å². The Bertz CT molecular complexity index is 692. The lowest BCUT2D eigenvalue weighted by Gasteiger charge is -2.21. The summed E-state index contributed by atoms with van der Waals surface area (Å²) in [6, 6.07) is 9.96. The predicted molar refractivity (Wildman–Crippen MR) is 91.7 cm³/mol. The number of benzene rings is 1. The number of ether oxygens (including phenoxy) is 2. The fourth-order valence-corrected chi connectivity index (χ4v) is 3.09. The first-order valence-corrected chi connectivity index (χ1v) is 8.71. The van der Waals surface area contributed by atoms with E-state index in [0.717, 1.165) is 37.7 Å². The maximum absolute atomic E-state index is 13.3. The summed E-state index contributed by atoms with van der Waals surface area (Å²) in [5.41, 5.74) is 1.16. The minimum atomic E-state index is -0.333. The number of carbonyl (C=O) groups is 1. The number of pyridine rings is 1. The lowest BCUT2D eigenvalue weighted by Crippen LogP contribution is -2.31. The van der Waals surface area contributed by atoms with E-state index < -0.39 is 0 Å². The van der Waals surface area contributed by atoms with Gasteiger partial charge in [0, 0.05) is 24.9 Å². The lowest BCUT2D eigenvalue weighted by atomic mass is 10.1. The van der Waals surface area contributed by atoms with Gasteiger partial charge in [0.05, 0.1) is 0 Å². The molecule has 1 aliphatic carbocycles. The smallest absolute Gasteiger partial charge is 0.306 e. The van der Waals surface area contributed by atoms with Crippen LogP contribution in [0.25, 0.3) is 0 Å². The average Bonchev–Trinajstić information content (AvgIpc) is 3.02. The van der Waals surface area contributed by atoms with Gasteiger partial charge in [0.1, 0.15) is 23.8 Å². The van der Waals surface area contributed by atoms with Gasteiger partial charge in [-0.05, 0) is 61.9 Å². The highest BCUT2D eigenvalue weighted by Crippen LogP contribution is 2.27. The van der Waals surface area contributed by atoms with Crippen LogP contribution in [-0.4, -0.2) is 23.2 Å². The lowest BCUT2D eigenvalue weighted by molar-refractivity contribution is -0.152. The summed E-state index contributed by atoms with van der Waals surface area (Å²) in [4.78, 5) is 16.1. The van der Waals surface area contributed by atoms with Gasteiger partial charge in [0.2, 0.25) is 0 Å². The van der Waals surface area contributed by atoms with Gasteiger partial charge >= 0.3 is 5.97 Å². The fourth-order valence-electron chi connectivity index (χ4n) is 3.09. The molecule has 0 radical (unpaired) electrons. The summed E-state index contributed by atoms with van der Waals surface area (Å²) >= 11 is 0. The Labute approximate surface area is 147 Å². The van der Waals surface area contributed by atoms with Crippen molar-refractivity contribution < 1.29 is 18.7 Å². The number of carbonyl (C=O) groups excluding carboxylic acids is 1. The molecule has 132 valence electrons. The number of nitrogens with zero attached hydrogens (tertiary/aromatic N) is 1. The van der Waals surface area contributed by atoms with Gasteiger partial charge in [-0.15, -0.1) is 0 Å². The van der Waals surface area contributed by atoms with E-state index in [1.54, 1.807) is 24.5 Å². The minimum Gasteiger partial charge on any atom is -0.486 e. The molecule has 2 unspecified atom stereocenters. The quantitative estimate of drug-likeness (QED) is 0.711. The van der Waals surface area contributed by atoms with E-state index in [0.29, 0.717) is 12.2 Å². The van der Waals surface area contributed by atoms with Crippen molar-refractivity contribution in [2.24, 2.45) is 0 Å². The molecule has 1 fully saturated rings. The fraction of sp³-hybridized carbons (Fsp3) is 0.400. The normalized spacial score (nSPS) is 19.6. The van der Waals surface area contributed by atoms with Gasteiger partial charge in [-0.25, -0.2) is 4.39 Å². The topological polar surface area (TPSA) is 48.4 Å². The van der Waals surface area contributed by atoms with E-state index in [2.05, 4.69) is 4.98 Å². The standard InChI is InChI=1S/C20H22FNO3/c21-16-5-2-6-17(14-16)24-18-7-3-8-19(18)25-20(23)9-1-4-15-10-12-22-13-11-15/h2,5-6,10-14,18-19H,1,3-4,7-9H2. The van der Waals surface area contributed by atoms with Gasteiger partial charge in [0.15, 0.2) is 0 Å². The molecular weight excluding hydrogens is 321 g/mol. The van der Waals surface area contributed by atoms with Crippen LogP contribution in [0.1, 0.15) is 37.7 Å². The van der Waals surface area contributed by atoms with Crippen LogP contribution >= 0.6 is 0 Å². The molecule has 1 aliphatic rings. The number of esters is 1. The van der Waals surface area contributed by atoms with Crippen LogP contribution in [0.4, 0.5) is 4.39 Å². The summed E-state index contributed by atoms with van der Waals surface area (Å²) in [5.74, 6) is -0.0559. The van der Waals surface area contributed by atoms with E-state index >= 15 is 0 Å². The molecule has 4 nitrogen and oxygen atoms in total. The van der Waals surface area contributed by atoms with Crippen molar-refractivity contribution >= 4 is 5.97 Å². The van der Waals surface area contributed by atoms with E-state index in [1.807, 2.05) is 12.1 Å². The molecule has 1 aromatic heterocycles. The highest BCUT2D eigenvalue weighted by atomic mass is 19.1.